The van der Waals surface area contributed by atoms with Gasteiger partial charge in [-0.05, 0) is 50.0 Å². The van der Waals surface area contributed by atoms with Gasteiger partial charge >= 0.3 is 0 Å². The molecule has 0 bridgehead atoms. The summed E-state index contributed by atoms with van der Waals surface area (Å²) in [6.45, 7) is 0. The number of hydrogen-bond acceptors (Lipinski definition) is 1. The van der Waals surface area contributed by atoms with Crippen LogP contribution in [-0.2, 0) is 6.42 Å². The zero-order chi connectivity index (χ0) is 11.9. The fourth-order valence-corrected chi connectivity index (χ4v) is 2.52. The number of unbranched alkanes of at least 4 members (excludes halogenated alkanes) is 1. The van der Waals surface area contributed by atoms with Gasteiger partial charge in [-0.25, -0.2) is 0 Å². The van der Waals surface area contributed by atoms with Crippen molar-refractivity contribution in [3.05, 3.63) is 48.0 Å². The van der Waals surface area contributed by atoms with Crippen molar-refractivity contribution in [3.8, 4) is 0 Å². The van der Waals surface area contributed by atoms with Crippen LogP contribution in [0.15, 0.2) is 42.5 Å². The zero-order valence-corrected chi connectivity index (χ0v) is 10.4. The Balaban J connectivity index is 1.62. The molecule has 17 heavy (non-hydrogen) atoms. The summed E-state index contributed by atoms with van der Waals surface area (Å²) < 4.78 is 0. The van der Waals surface area contributed by atoms with E-state index >= 15 is 0 Å². The van der Waals surface area contributed by atoms with E-state index in [0.29, 0.717) is 5.92 Å². The van der Waals surface area contributed by atoms with Crippen molar-refractivity contribution in [2.45, 2.75) is 44.6 Å². The van der Waals surface area contributed by atoms with Crippen molar-refractivity contribution >= 4 is 0 Å². The molecule has 2 unspecified atom stereocenters. The molecule has 0 aliphatic heterocycles. The summed E-state index contributed by atoms with van der Waals surface area (Å²) in [6.07, 6.45) is 11.2. The van der Waals surface area contributed by atoms with Gasteiger partial charge in [0.2, 0.25) is 0 Å². The molecule has 0 amide bonds. The lowest BCUT2D eigenvalue weighted by Crippen LogP contribution is -1.98. The summed E-state index contributed by atoms with van der Waals surface area (Å²) in [5, 5.41) is 9.42. The maximum Gasteiger partial charge on any atom is 0.0546 e. The topological polar surface area (TPSA) is 20.2 Å². The van der Waals surface area contributed by atoms with E-state index in [1.54, 1.807) is 0 Å². The summed E-state index contributed by atoms with van der Waals surface area (Å²) >= 11 is 0. The summed E-state index contributed by atoms with van der Waals surface area (Å²) in [7, 11) is 0. The average Bonchev–Trinajstić information content (AvgIpc) is 2.76. The third kappa shape index (κ3) is 4.35. The maximum atomic E-state index is 9.42. The van der Waals surface area contributed by atoms with Crippen molar-refractivity contribution < 1.29 is 5.11 Å². The van der Waals surface area contributed by atoms with Gasteiger partial charge in [0.1, 0.15) is 0 Å². The number of rotatable bonds is 5. The molecule has 2 rings (SSSR count). The van der Waals surface area contributed by atoms with E-state index in [0.717, 1.165) is 25.7 Å². The van der Waals surface area contributed by atoms with Crippen LogP contribution in [0, 0.1) is 5.92 Å². The number of aliphatic hydroxyl groups is 1. The Kier molecular flexibility index (Phi) is 4.81. The van der Waals surface area contributed by atoms with Gasteiger partial charge in [-0.15, -0.1) is 0 Å². The van der Waals surface area contributed by atoms with Crippen LogP contribution in [-0.4, -0.2) is 11.2 Å². The molecular formula is C16H22O. The first-order valence-electron chi connectivity index (χ1n) is 6.73. The minimum Gasteiger partial charge on any atom is -0.393 e. The molecule has 1 aromatic carbocycles. The van der Waals surface area contributed by atoms with E-state index in [-0.39, 0.29) is 6.10 Å². The van der Waals surface area contributed by atoms with Gasteiger partial charge in [0.05, 0.1) is 6.10 Å². The van der Waals surface area contributed by atoms with Crippen LogP contribution >= 0.6 is 0 Å². The first kappa shape index (κ1) is 12.4. The van der Waals surface area contributed by atoms with Crippen LogP contribution < -0.4 is 0 Å². The van der Waals surface area contributed by atoms with Crippen molar-refractivity contribution in [3.63, 3.8) is 0 Å². The number of aliphatic hydroxyl groups excluding tert-OH is 1. The standard InChI is InChI=1S/C16H22O/c17-16-12-11-15(13-16)10-6-2-5-9-14-7-3-1-4-8-14/h1,3-4,6-8,10,15-17H,2,5,9,11-13H2/b10-6+. The lowest BCUT2D eigenvalue weighted by Gasteiger charge is -2.02. The molecule has 1 fully saturated rings. The summed E-state index contributed by atoms with van der Waals surface area (Å²) in [5.74, 6) is 0.627. The Labute approximate surface area is 104 Å². The second-order valence-corrected chi connectivity index (χ2v) is 5.03. The normalized spacial score (nSPS) is 24.5. The van der Waals surface area contributed by atoms with Crippen LogP contribution in [0.3, 0.4) is 0 Å². The highest BCUT2D eigenvalue weighted by Crippen LogP contribution is 2.26. The van der Waals surface area contributed by atoms with E-state index in [4.69, 9.17) is 0 Å². The molecule has 0 saturated heterocycles. The van der Waals surface area contributed by atoms with Gasteiger partial charge in [-0.1, -0.05) is 42.5 Å². The molecule has 0 spiro atoms. The van der Waals surface area contributed by atoms with Crippen molar-refractivity contribution in [1.82, 2.24) is 0 Å². The fourth-order valence-electron chi connectivity index (χ4n) is 2.52. The predicted octanol–water partition coefficient (Wildman–Crippen LogP) is 3.73. The highest BCUT2D eigenvalue weighted by Gasteiger charge is 2.19. The van der Waals surface area contributed by atoms with E-state index in [1.165, 1.54) is 18.4 Å². The highest BCUT2D eigenvalue weighted by molar-refractivity contribution is 5.14. The number of aryl methyl sites for hydroxylation is 1. The van der Waals surface area contributed by atoms with E-state index in [9.17, 15) is 5.11 Å². The number of allylic oxidation sites excluding steroid dienone is 2. The Morgan fingerprint density at radius 3 is 2.71 bits per heavy atom. The monoisotopic (exact) mass is 230 g/mol. The van der Waals surface area contributed by atoms with Crippen LogP contribution in [0.1, 0.15) is 37.7 Å². The predicted molar refractivity (Wildman–Crippen MR) is 71.9 cm³/mol. The lowest BCUT2D eigenvalue weighted by atomic mass is 10.1. The lowest BCUT2D eigenvalue weighted by molar-refractivity contribution is 0.180. The molecular weight excluding hydrogens is 208 g/mol. The largest absolute Gasteiger partial charge is 0.393 e. The molecule has 1 aliphatic rings. The van der Waals surface area contributed by atoms with Crippen LogP contribution in [0.4, 0.5) is 0 Å². The van der Waals surface area contributed by atoms with E-state index in [1.807, 2.05) is 0 Å². The quantitative estimate of drug-likeness (QED) is 0.603. The van der Waals surface area contributed by atoms with Gasteiger partial charge in [-0.2, -0.15) is 0 Å². The summed E-state index contributed by atoms with van der Waals surface area (Å²) in [6, 6.07) is 10.7. The smallest absolute Gasteiger partial charge is 0.0546 e. The number of hydrogen-bond donors (Lipinski definition) is 1. The second-order valence-electron chi connectivity index (χ2n) is 5.03. The Morgan fingerprint density at radius 2 is 2.00 bits per heavy atom. The second kappa shape index (κ2) is 6.61. The summed E-state index contributed by atoms with van der Waals surface area (Å²) in [4.78, 5) is 0. The fraction of sp³-hybridized carbons (Fsp3) is 0.500. The van der Waals surface area contributed by atoms with Crippen LogP contribution in [0.2, 0.25) is 0 Å². The minimum absolute atomic E-state index is 0.0473. The third-order valence-corrected chi connectivity index (χ3v) is 3.53. The van der Waals surface area contributed by atoms with Gasteiger partial charge in [0.25, 0.3) is 0 Å². The Morgan fingerprint density at radius 1 is 1.18 bits per heavy atom. The van der Waals surface area contributed by atoms with Gasteiger partial charge in [0, 0.05) is 0 Å². The number of benzene rings is 1. The summed E-state index contributed by atoms with van der Waals surface area (Å²) in [5.41, 5.74) is 1.43. The van der Waals surface area contributed by atoms with Crippen LogP contribution in [0.25, 0.3) is 0 Å². The Bertz CT molecular complexity index is 342. The molecule has 1 aromatic rings. The molecule has 0 aromatic heterocycles. The molecule has 0 heterocycles. The first-order valence-corrected chi connectivity index (χ1v) is 6.73. The molecule has 0 radical (unpaired) electrons. The SMILES string of the molecule is OC1CCC(/C=C/CCCc2ccccc2)C1. The zero-order valence-electron chi connectivity index (χ0n) is 10.4. The molecule has 2 atom stereocenters. The van der Waals surface area contributed by atoms with Crippen LogP contribution in [0.5, 0.6) is 0 Å². The Hall–Kier alpha value is -1.08. The molecule has 1 heteroatoms. The van der Waals surface area contributed by atoms with Gasteiger partial charge in [0.15, 0.2) is 0 Å². The molecule has 92 valence electrons. The van der Waals surface area contributed by atoms with E-state index < -0.39 is 0 Å². The molecule has 1 saturated carbocycles. The van der Waals surface area contributed by atoms with Crippen molar-refractivity contribution in [1.29, 1.82) is 0 Å². The minimum atomic E-state index is -0.0473. The van der Waals surface area contributed by atoms with Crippen molar-refractivity contribution in [2.75, 3.05) is 0 Å². The third-order valence-electron chi connectivity index (χ3n) is 3.53. The first-order chi connectivity index (χ1) is 8.34. The molecule has 1 N–H and O–H groups in total. The molecule has 1 nitrogen and oxygen atoms in total. The molecule has 1 aliphatic carbocycles. The highest BCUT2D eigenvalue weighted by atomic mass is 16.3. The van der Waals surface area contributed by atoms with Crippen molar-refractivity contribution in [2.24, 2.45) is 5.92 Å². The maximum absolute atomic E-state index is 9.42. The van der Waals surface area contributed by atoms with Gasteiger partial charge < -0.3 is 5.11 Å². The van der Waals surface area contributed by atoms with E-state index in [2.05, 4.69) is 42.5 Å². The average molecular weight is 230 g/mol. The van der Waals surface area contributed by atoms with Gasteiger partial charge in [-0.3, -0.25) is 0 Å².